The molecule has 0 aliphatic carbocycles. The van der Waals surface area contributed by atoms with E-state index in [9.17, 15) is 0 Å². The Labute approximate surface area is 131 Å². The van der Waals surface area contributed by atoms with Crippen molar-refractivity contribution in [2.75, 3.05) is 0 Å². The molecule has 0 unspecified atom stereocenters. The van der Waals surface area contributed by atoms with Gasteiger partial charge in [-0.2, -0.15) is 0 Å². The summed E-state index contributed by atoms with van der Waals surface area (Å²) in [6.07, 6.45) is 23.4. The second-order valence-electron chi connectivity index (χ2n) is 6.09. The molecule has 0 atom stereocenters. The Kier molecular flexibility index (Phi) is 19.1. The van der Waals surface area contributed by atoms with Gasteiger partial charge in [0.15, 0.2) is 0 Å². The summed E-state index contributed by atoms with van der Waals surface area (Å²) in [5.41, 5.74) is 0. The molecule has 0 N–H and O–H groups in total. The van der Waals surface area contributed by atoms with E-state index >= 15 is 0 Å². The van der Waals surface area contributed by atoms with Crippen molar-refractivity contribution in [3.05, 3.63) is 0 Å². The molecule has 0 spiro atoms. The van der Waals surface area contributed by atoms with Crippen LogP contribution >= 0.6 is 0 Å². The van der Waals surface area contributed by atoms with Gasteiger partial charge in [0.05, 0.1) is 0 Å². The summed E-state index contributed by atoms with van der Waals surface area (Å²) in [6.45, 7) is 2.29. The second-order valence-corrected chi connectivity index (χ2v) is 6.67. The predicted molar refractivity (Wildman–Crippen MR) is 90.1 cm³/mol. The Morgan fingerprint density at radius 3 is 0.947 bits per heavy atom. The molecular weight excluding hydrogens is 243 g/mol. The standard InChI is InChI=1S/C18H37.Al/c1-3-5-7-9-11-13-15-17-18-16-14-12-10-8-6-4-2;/h1,3-18H2,2H3;/q;+2. The van der Waals surface area contributed by atoms with Gasteiger partial charge in [0.1, 0.15) is 0 Å². The van der Waals surface area contributed by atoms with Crippen LogP contribution in [0.15, 0.2) is 0 Å². The number of rotatable bonds is 16. The average molecular weight is 280 g/mol. The molecule has 0 saturated heterocycles. The van der Waals surface area contributed by atoms with E-state index in [0.29, 0.717) is 0 Å². The first-order chi connectivity index (χ1) is 9.41. The first-order valence-electron chi connectivity index (χ1n) is 9.12. The van der Waals surface area contributed by atoms with Crippen molar-refractivity contribution in [2.45, 2.75) is 115 Å². The van der Waals surface area contributed by atoms with Gasteiger partial charge in [-0.15, -0.1) is 0 Å². The first kappa shape index (κ1) is 19.5. The summed E-state index contributed by atoms with van der Waals surface area (Å²) in [4.78, 5) is 0. The van der Waals surface area contributed by atoms with Crippen LogP contribution in [0.5, 0.6) is 0 Å². The van der Waals surface area contributed by atoms with Crippen LogP contribution in [-0.2, 0) is 0 Å². The van der Waals surface area contributed by atoms with Gasteiger partial charge in [0.25, 0.3) is 0 Å². The maximum absolute atomic E-state index is 2.83. The summed E-state index contributed by atoms with van der Waals surface area (Å²) in [7, 11) is 0. The van der Waals surface area contributed by atoms with Crippen molar-refractivity contribution >= 4 is 16.3 Å². The molecular formula is C18H37Al+2. The van der Waals surface area contributed by atoms with E-state index in [1.807, 2.05) is 0 Å². The monoisotopic (exact) mass is 280 g/mol. The van der Waals surface area contributed by atoms with E-state index in [1.165, 1.54) is 108 Å². The Balaban J connectivity index is 2.88. The normalized spacial score (nSPS) is 11.1. The number of unbranched alkanes of at least 4 members (excludes halogenated alkanes) is 15. The Bertz CT molecular complexity index is 129. The molecule has 0 radical (unpaired) electrons. The Morgan fingerprint density at radius 1 is 0.421 bits per heavy atom. The fourth-order valence-corrected chi connectivity index (χ4v) is 2.98. The molecule has 0 aromatic carbocycles. The van der Waals surface area contributed by atoms with Crippen LogP contribution in [0.25, 0.3) is 0 Å². The van der Waals surface area contributed by atoms with E-state index in [2.05, 4.69) is 23.2 Å². The van der Waals surface area contributed by atoms with Crippen LogP contribution in [0.3, 0.4) is 0 Å². The molecule has 0 bridgehead atoms. The zero-order valence-electron chi connectivity index (χ0n) is 13.6. The van der Waals surface area contributed by atoms with E-state index in [1.54, 1.807) is 0 Å². The molecule has 19 heavy (non-hydrogen) atoms. The van der Waals surface area contributed by atoms with E-state index in [-0.39, 0.29) is 0 Å². The molecule has 0 aromatic rings. The number of hydrogen-bond acceptors (Lipinski definition) is 0. The molecule has 0 aliphatic heterocycles. The van der Waals surface area contributed by atoms with Crippen LogP contribution in [0.2, 0.25) is 5.28 Å². The Hall–Kier alpha value is 0.532. The van der Waals surface area contributed by atoms with Gasteiger partial charge in [-0.05, 0) is 0 Å². The van der Waals surface area contributed by atoms with Crippen LogP contribution in [0, 0.1) is 0 Å². The molecule has 0 nitrogen and oxygen atoms in total. The van der Waals surface area contributed by atoms with Crippen molar-refractivity contribution < 1.29 is 0 Å². The minimum atomic E-state index is 1.29. The van der Waals surface area contributed by atoms with Crippen LogP contribution < -0.4 is 0 Å². The fraction of sp³-hybridized carbons (Fsp3) is 1.00. The van der Waals surface area contributed by atoms with Crippen LogP contribution in [-0.4, -0.2) is 16.3 Å². The summed E-state index contributed by atoms with van der Waals surface area (Å²) >= 11 is 2.83. The summed E-state index contributed by atoms with van der Waals surface area (Å²) < 4.78 is 0. The summed E-state index contributed by atoms with van der Waals surface area (Å²) in [5.74, 6) is 0. The number of hydrogen-bond donors (Lipinski definition) is 0. The molecule has 0 rings (SSSR count). The molecule has 0 heterocycles. The van der Waals surface area contributed by atoms with Gasteiger partial charge in [-0.1, -0.05) is 39.0 Å². The molecule has 1 heteroatoms. The van der Waals surface area contributed by atoms with Gasteiger partial charge in [0.2, 0.25) is 0 Å². The van der Waals surface area contributed by atoms with Crippen LogP contribution in [0.4, 0.5) is 0 Å². The van der Waals surface area contributed by atoms with Gasteiger partial charge in [-0.25, -0.2) is 0 Å². The first-order valence-corrected chi connectivity index (χ1v) is 9.93. The molecule has 0 aromatic heterocycles. The van der Waals surface area contributed by atoms with Crippen molar-refractivity contribution in [1.29, 1.82) is 0 Å². The minimum absolute atomic E-state index is 1.29. The van der Waals surface area contributed by atoms with E-state index in [0.717, 1.165) is 0 Å². The van der Waals surface area contributed by atoms with E-state index in [4.69, 9.17) is 0 Å². The molecule has 0 saturated carbocycles. The van der Waals surface area contributed by atoms with Gasteiger partial charge in [0, 0.05) is 0 Å². The van der Waals surface area contributed by atoms with Crippen LogP contribution in [0.1, 0.15) is 110 Å². The summed E-state index contributed by atoms with van der Waals surface area (Å²) in [5, 5.41) is 1.29. The fourth-order valence-electron chi connectivity index (χ4n) is 2.69. The SMILES string of the molecule is CCCCCCCCCCCCCCCCC[CH2][Al+2]. The summed E-state index contributed by atoms with van der Waals surface area (Å²) in [6, 6.07) is 0. The quantitative estimate of drug-likeness (QED) is 0.214. The van der Waals surface area contributed by atoms with Crippen molar-refractivity contribution in [3.8, 4) is 0 Å². The topological polar surface area (TPSA) is 0 Å². The predicted octanol–water partition coefficient (Wildman–Crippen LogP) is 6.83. The van der Waals surface area contributed by atoms with Gasteiger partial charge in [-0.3, -0.25) is 0 Å². The van der Waals surface area contributed by atoms with Gasteiger partial charge < -0.3 is 0 Å². The van der Waals surface area contributed by atoms with Crippen molar-refractivity contribution in [1.82, 2.24) is 0 Å². The van der Waals surface area contributed by atoms with Gasteiger partial charge >= 0.3 is 92.2 Å². The third-order valence-corrected chi connectivity index (χ3v) is 4.47. The zero-order valence-corrected chi connectivity index (χ0v) is 14.8. The van der Waals surface area contributed by atoms with Crippen molar-refractivity contribution in [2.24, 2.45) is 0 Å². The third kappa shape index (κ3) is 18.5. The Morgan fingerprint density at radius 2 is 0.684 bits per heavy atom. The van der Waals surface area contributed by atoms with Crippen molar-refractivity contribution in [3.63, 3.8) is 0 Å². The average Bonchev–Trinajstić information content (AvgIpc) is 2.43. The maximum atomic E-state index is 2.83. The zero-order chi connectivity index (χ0) is 14.0. The van der Waals surface area contributed by atoms with E-state index < -0.39 is 0 Å². The molecule has 110 valence electrons. The molecule has 0 aliphatic rings. The molecule has 0 amide bonds. The molecule has 0 fully saturated rings. The third-order valence-electron chi connectivity index (χ3n) is 4.06. The second kappa shape index (κ2) is 18.5.